The molecule has 0 fully saturated rings. The average Bonchev–Trinajstić information content (AvgIpc) is 2.72. The van der Waals surface area contributed by atoms with Crippen molar-refractivity contribution < 1.29 is 19.1 Å². The zero-order chi connectivity index (χ0) is 14.2. The molecule has 0 saturated carbocycles. The quantitative estimate of drug-likeness (QED) is 0.908. The number of hydrogen-bond acceptors (Lipinski definition) is 2. The minimum absolute atomic E-state index is 0.214. The Morgan fingerprint density at radius 3 is 2.68 bits per heavy atom. The predicted molar refractivity (Wildman–Crippen MR) is 67.1 cm³/mol. The molecule has 0 spiro atoms. The van der Waals surface area contributed by atoms with Gasteiger partial charge in [-0.25, -0.2) is 9.18 Å². The third-order valence-corrected chi connectivity index (χ3v) is 3.81. The molecule has 1 aromatic rings. The Bertz CT molecular complexity index is 543. The number of carboxylic acids is 1. The lowest BCUT2D eigenvalue weighted by Crippen LogP contribution is -2.52. The van der Waals surface area contributed by atoms with E-state index in [1.807, 2.05) is 0 Å². The summed E-state index contributed by atoms with van der Waals surface area (Å²) in [4.78, 5) is 24.8. The molecule has 0 aromatic heterocycles. The third kappa shape index (κ3) is 1.80. The van der Waals surface area contributed by atoms with Crippen molar-refractivity contribution in [3.63, 3.8) is 0 Å². The van der Waals surface area contributed by atoms with Gasteiger partial charge in [0.15, 0.2) is 5.54 Å². The first-order valence-electron chi connectivity index (χ1n) is 6.24. The van der Waals surface area contributed by atoms with Gasteiger partial charge < -0.3 is 10.0 Å². The molecule has 0 aliphatic heterocycles. The molecule has 1 N–H and O–H groups in total. The molecule has 5 heteroatoms. The van der Waals surface area contributed by atoms with Gasteiger partial charge in [-0.3, -0.25) is 4.79 Å². The maximum absolute atomic E-state index is 13.8. The Kier molecular flexibility index (Phi) is 3.30. The zero-order valence-corrected chi connectivity index (χ0v) is 10.9. The van der Waals surface area contributed by atoms with Crippen LogP contribution in [0.4, 0.5) is 4.39 Å². The number of halogens is 1. The molecule has 1 aliphatic rings. The van der Waals surface area contributed by atoms with E-state index in [4.69, 9.17) is 0 Å². The first kappa shape index (κ1) is 13.5. The minimum atomic E-state index is -1.43. The fourth-order valence-electron chi connectivity index (χ4n) is 3.02. The fraction of sp³-hybridized carbons (Fsp3) is 0.429. The van der Waals surface area contributed by atoms with Crippen LogP contribution in [-0.4, -0.2) is 28.4 Å². The van der Waals surface area contributed by atoms with Gasteiger partial charge in [0.1, 0.15) is 5.82 Å². The van der Waals surface area contributed by atoms with Gasteiger partial charge in [0.25, 0.3) is 0 Å². The van der Waals surface area contributed by atoms with Crippen LogP contribution in [0.3, 0.4) is 0 Å². The summed E-state index contributed by atoms with van der Waals surface area (Å²) in [6.45, 7) is 3.34. The second-order valence-corrected chi connectivity index (χ2v) is 4.69. The lowest BCUT2D eigenvalue weighted by Gasteiger charge is -2.37. The standard InChI is InChI=1S/C14H16FNO3/c1-3-16(9(2)17)14(13(18)19)8-7-10-11(14)5-4-6-12(10)15/h4-6H,3,7-8H2,1-2H3,(H,18,19). The van der Waals surface area contributed by atoms with E-state index in [1.165, 1.54) is 24.0 Å². The third-order valence-electron chi connectivity index (χ3n) is 3.81. The Morgan fingerprint density at radius 1 is 1.47 bits per heavy atom. The van der Waals surface area contributed by atoms with Crippen LogP contribution in [0.1, 0.15) is 31.4 Å². The first-order valence-corrected chi connectivity index (χ1v) is 6.24. The van der Waals surface area contributed by atoms with Crippen molar-refractivity contribution >= 4 is 11.9 Å². The van der Waals surface area contributed by atoms with Crippen molar-refractivity contribution in [2.24, 2.45) is 0 Å². The number of carboxylic acid groups (broad SMARTS) is 1. The molecule has 4 nitrogen and oxygen atoms in total. The number of fused-ring (bicyclic) bond motifs is 1. The molecule has 102 valence electrons. The van der Waals surface area contributed by atoms with Crippen molar-refractivity contribution in [2.45, 2.75) is 32.2 Å². The highest BCUT2D eigenvalue weighted by Crippen LogP contribution is 2.43. The largest absolute Gasteiger partial charge is 0.479 e. The van der Waals surface area contributed by atoms with E-state index in [1.54, 1.807) is 13.0 Å². The summed E-state index contributed by atoms with van der Waals surface area (Å²) in [7, 11) is 0. The van der Waals surface area contributed by atoms with Crippen LogP contribution < -0.4 is 0 Å². The minimum Gasteiger partial charge on any atom is -0.479 e. The maximum Gasteiger partial charge on any atom is 0.334 e. The Morgan fingerprint density at radius 2 is 2.16 bits per heavy atom. The highest BCUT2D eigenvalue weighted by molar-refractivity contribution is 5.88. The van der Waals surface area contributed by atoms with Gasteiger partial charge in [-0.15, -0.1) is 0 Å². The summed E-state index contributed by atoms with van der Waals surface area (Å²) < 4.78 is 13.8. The smallest absolute Gasteiger partial charge is 0.334 e. The summed E-state index contributed by atoms with van der Waals surface area (Å²) in [5, 5.41) is 9.64. The van der Waals surface area contributed by atoms with E-state index >= 15 is 0 Å². The SMILES string of the molecule is CCN(C(C)=O)C1(C(=O)O)CCc2c(F)cccc21. The van der Waals surface area contributed by atoms with Crippen molar-refractivity contribution in [2.75, 3.05) is 6.54 Å². The molecule has 2 rings (SSSR count). The van der Waals surface area contributed by atoms with E-state index in [9.17, 15) is 19.1 Å². The second kappa shape index (κ2) is 4.64. The van der Waals surface area contributed by atoms with Gasteiger partial charge in [-0.05, 0) is 37.0 Å². The van der Waals surface area contributed by atoms with Crippen molar-refractivity contribution in [3.8, 4) is 0 Å². The lowest BCUT2D eigenvalue weighted by molar-refractivity contribution is -0.159. The molecule has 19 heavy (non-hydrogen) atoms. The van der Waals surface area contributed by atoms with E-state index in [-0.39, 0.29) is 18.9 Å². The second-order valence-electron chi connectivity index (χ2n) is 4.69. The molecular formula is C14H16FNO3. The van der Waals surface area contributed by atoms with Gasteiger partial charge in [0.05, 0.1) is 0 Å². The Balaban J connectivity index is 2.66. The van der Waals surface area contributed by atoms with Crippen LogP contribution >= 0.6 is 0 Å². The summed E-state index contributed by atoms with van der Waals surface area (Å²) in [5.41, 5.74) is -0.625. The van der Waals surface area contributed by atoms with Crippen LogP contribution in [-0.2, 0) is 21.5 Å². The fourth-order valence-corrected chi connectivity index (χ4v) is 3.02. The molecule has 1 aromatic carbocycles. The van der Waals surface area contributed by atoms with E-state index in [2.05, 4.69) is 0 Å². The summed E-state index contributed by atoms with van der Waals surface area (Å²) in [5.74, 6) is -1.82. The normalized spacial score (nSPS) is 21.0. The summed E-state index contributed by atoms with van der Waals surface area (Å²) in [6.07, 6.45) is 0.546. The Hall–Kier alpha value is -1.91. The zero-order valence-electron chi connectivity index (χ0n) is 10.9. The number of likely N-dealkylation sites (N-methyl/N-ethyl adjacent to an activating group) is 1. The number of nitrogens with zero attached hydrogens (tertiary/aromatic N) is 1. The molecule has 1 aliphatic carbocycles. The van der Waals surface area contributed by atoms with Crippen LogP contribution in [0.25, 0.3) is 0 Å². The number of aliphatic carboxylic acids is 1. The number of carbonyl (C=O) groups is 2. The van der Waals surface area contributed by atoms with Gasteiger partial charge in [0.2, 0.25) is 5.91 Å². The van der Waals surface area contributed by atoms with Gasteiger partial charge in [0, 0.05) is 13.5 Å². The number of carbonyl (C=O) groups excluding carboxylic acids is 1. The van der Waals surface area contributed by atoms with Crippen molar-refractivity contribution in [1.82, 2.24) is 4.90 Å². The molecule has 0 bridgehead atoms. The van der Waals surface area contributed by atoms with Crippen LogP contribution in [0, 0.1) is 5.82 Å². The predicted octanol–water partition coefficient (Wildman–Crippen LogP) is 1.92. The summed E-state index contributed by atoms with van der Waals surface area (Å²) >= 11 is 0. The molecular weight excluding hydrogens is 249 g/mol. The molecule has 1 unspecified atom stereocenters. The van der Waals surface area contributed by atoms with E-state index in [0.717, 1.165) is 0 Å². The highest BCUT2D eigenvalue weighted by atomic mass is 19.1. The van der Waals surface area contributed by atoms with Crippen molar-refractivity contribution in [3.05, 3.63) is 35.1 Å². The summed E-state index contributed by atoms with van der Waals surface area (Å²) in [6, 6.07) is 4.41. The van der Waals surface area contributed by atoms with E-state index in [0.29, 0.717) is 17.5 Å². The molecule has 0 heterocycles. The number of amides is 1. The lowest BCUT2D eigenvalue weighted by atomic mass is 9.89. The number of benzene rings is 1. The molecule has 1 atom stereocenters. The van der Waals surface area contributed by atoms with Crippen molar-refractivity contribution in [1.29, 1.82) is 0 Å². The number of rotatable bonds is 3. The Labute approximate surface area is 110 Å². The monoisotopic (exact) mass is 265 g/mol. The van der Waals surface area contributed by atoms with E-state index < -0.39 is 17.3 Å². The average molecular weight is 265 g/mol. The van der Waals surface area contributed by atoms with Gasteiger partial charge >= 0.3 is 5.97 Å². The van der Waals surface area contributed by atoms with Crippen LogP contribution in [0.5, 0.6) is 0 Å². The topological polar surface area (TPSA) is 57.6 Å². The van der Waals surface area contributed by atoms with Gasteiger partial charge in [-0.2, -0.15) is 0 Å². The van der Waals surface area contributed by atoms with Crippen LogP contribution in [0.15, 0.2) is 18.2 Å². The highest BCUT2D eigenvalue weighted by Gasteiger charge is 2.51. The molecule has 0 saturated heterocycles. The van der Waals surface area contributed by atoms with Gasteiger partial charge in [-0.1, -0.05) is 12.1 Å². The maximum atomic E-state index is 13.8. The number of hydrogen-bond donors (Lipinski definition) is 1. The molecule has 1 amide bonds. The molecule has 0 radical (unpaired) electrons. The first-order chi connectivity index (χ1) is 8.95. The van der Waals surface area contributed by atoms with Crippen LogP contribution in [0.2, 0.25) is 0 Å².